The van der Waals surface area contributed by atoms with Crippen LogP contribution in [0.15, 0.2) is 95.9 Å². The number of anilines is 3. The summed E-state index contributed by atoms with van der Waals surface area (Å²) in [6.07, 6.45) is 1.15. The molecule has 1 amide bonds. The van der Waals surface area contributed by atoms with Crippen LogP contribution in [0.3, 0.4) is 0 Å². The van der Waals surface area contributed by atoms with E-state index in [0.29, 0.717) is 22.5 Å². The molecule has 4 rings (SSSR count). The predicted molar refractivity (Wildman–Crippen MR) is 155 cm³/mol. The van der Waals surface area contributed by atoms with Crippen LogP contribution in [-0.4, -0.2) is 29.0 Å². The molecule has 4 aromatic rings. The lowest BCUT2D eigenvalue weighted by Gasteiger charge is -2.23. The molecule has 0 unspecified atom stereocenters. The summed E-state index contributed by atoms with van der Waals surface area (Å²) in [7, 11) is -7.46. The Morgan fingerprint density at radius 2 is 1.38 bits per heavy atom. The zero-order valence-electron chi connectivity index (χ0n) is 22.1. The second-order valence-corrected chi connectivity index (χ2v) is 12.9. The standard InChI is InChI=1S/C29H28FN3O5S2/c1-20-4-15-27(18-21(20)2)33(39(3,35)36)19-22-5-7-23(8-6-22)29(34)31-25-13-16-28(17-14-25)40(37,38)32-26-11-9-24(30)10-12-26/h4-18,32H,19H2,1-3H3,(H,31,34). The first-order valence-electron chi connectivity index (χ1n) is 12.2. The van der Waals surface area contributed by atoms with Gasteiger partial charge in [0.2, 0.25) is 10.0 Å². The van der Waals surface area contributed by atoms with E-state index in [0.717, 1.165) is 29.5 Å². The third-order valence-corrected chi connectivity index (χ3v) is 8.78. The van der Waals surface area contributed by atoms with Gasteiger partial charge in [-0.2, -0.15) is 0 Å². The maximum absolute atomic E-state index is 13.1. The number of halogens is 1. The van der Waals surface area contributed by atoms with Crippen LogP contribution in [0.25, 0.3) is 0 Å². The van der Waals surface area contributed by atoms with Gasteiger partial charge in [-0.25, -0.2) is 21.2 Å². The summed E-state index contributed by atoms with van der Waals surface area (Å²) in [4.78, 5) is 12.7. The highest BCUT2D eigenvalue weighted by Crippen LogP contribution is 2.24. The van der Waals surface area contributed by atoms with Gasteiger partial charge >= 0.3 is 0 Å². The molecule has 8 nitrogen and oxygen atoms in total. The number of carbonyl (C=O) groups excluding carboxylic acids is 1. The highest BCUT2D eigenvalue weighted by atomic mass is 32.2. The third-order valence-electron chi connectivity index (χ3n) is 6.24. The summed E-state index contributed by atoms with van der Waals surface area (Å²) in [5, 5.41) is 2.71. The van der Waals surface area contributed by atoms with Gasteiger partial charge in [0.1, 0.15) is 5.82 Å². The molecule has 0 saturated heterocycles. The molecular weight excluding hydrogens is 553 g/mol. The molecule has 0 aliphatic heterocycles. The predicted octanol–water partition coefficient (Wildman–Crippen LogP) is 5.46. The molecule has 0 radical (unpaired) electrons. The molecule has 0 aliphatic carbocycles. The maximum Gasteiger partial charge on any atom is 0.261 e. The van der Waals surface area contributed by atoms with Crippen LogP contribution in [-0.2, 0) is 26.6 Å². The SMILES string of the molecule is Cc1ccc(N(Cc2ccc(C(=O)Nc3ccc(S(=O)(=O)Nc4ccc(F)cc4)cc3)cc2)S(C)(=O)=O)cc1C. The fourth-order valence-electron chi connectivity index (χ4n) is 3.86. The number of benzene rings is 4. The summed E-state index contributed by atoms with van der Waals surface area (Å²) in [5.74, 6) is -0.897. The number of rotatable bonds is 9. The van der Waals surface area contributed by atoms with Crippen LogP contribution in [0.5, 0.6) is 0 Å². The molecule has 0 aliphatic rings. The van der Waals surface area contributed by atoms with Gasteiger partial charge in [0, 0.05) is 16.9 Å². The maximum atomic E-state index is 13.1. The molecule has 0 atom stereocenters. The van der Waals surface area contributed by atoms with E-state index in [1.807, 2.05) is 26.0 Å². The second-order valence-electron chi connectivity index (χ2n) is 9.33. The highest BCUT2D eigenvalue weighted by Gasteiger charge is 2.19. The Morgan fingerprint density at radius 3 is 1.95 bits per heavy atom. The molecule has 0 aromatic heterocycles. The average molecular weight is 582 g/mol. The zero-order chi connectivity index (χ0) is 29.1. The second kappa shape index (κ2) is 11.5. The minimum Gasteiger partial charge on any atom is -0.322 e. The van der Waals surface area contributed by atoms with Crippen molar-refractivity contribution in [1.82, 2.24) is 0 Å². The minimum absolute atomic E-state index is 0.0293. The third kappa shape index (κ3) is 7.04. The van der Waals surface area contributed by atoms with E-state index in [2.05, 4.69) is 10.0 Å². The molecule has 208 valence electrons. The molecule has 11 heteroatoms. The van der Waals surface area contributed by atoms with Crippen LogP contribution in [0.2, 0.25) is 0 Å². The minimum atomic E-state index is -3.91. The lowest BCUT2D eigenvalue weighted by Crippen LogP contribution is -2.29. The Labute approximate surface area is 233 Å². The topological polar surface area (TPSA) is 113 Å². The largest absolute Gasteiger partial charge is 0.322 e. The average Bonchev–Trinajstić information content (AvgIpc) is 2.90. The van der Waals surface area contributed by atoms with E-state index in [4.69, 9.17) is 0 Å². The molecule has 4 aromatic carbocycles. The first kappa shape index (κ1) is 28.8. The number of hydrogen-bond donors (Lipinski definition) is 2. The molecule has 40 heavy (non-hydrogen) atoms. The lowest BCUT2D eigenvalue weighted by atomic mass is 10.1. The Hall–Kier alpha value is -4.22. The molecular formula is C29H28FN3O5S2. The van der Waals surface area contributed by atoms with Gasteiger partial charge < -0.3 is 5.32 Å². The van der Waals surface area contributed by atoms with Crippen molar-refractivity contribution in [1.29, 1.82) is 0 Å². The van der Waals surface area contributed by atoms with Gasteiger partial charge in [-0.15, -0.1) is 0 Å². The Balaban J connectivity index is 1.42. The molecule has 0 bridgehead atoms. The normalized spacial score (nSPS) is 11.6. The van der Waals surface area contributed by atoms with Crippen molar-refractivity contribution < 1.29 is 26.0 Å². The summed E-state index contributed by atoms with van der Waals surface area (Å²) < 4.78 is 67.0. The van der Waals surface area contributed by atoms with Crippen LogP contribution in [0.4, 0.5) is 21.5 Å². The van der Waals surface area contributed by atoms with Gasteiger partial charge in [-0.05, 0) is 103 Å². The van der Waals surface area contributed by atoms with E-state index in [1.165, 1.54) is 40.7 Å². The van der Waals surface area contributed by atoms with Gasteiger partial charge in [0.15, 0.2) is 0 Å². The van der Waals surface area contributed by atoms with Gasteiger partial charge in [0.05, 0.1) is 23.4 Å². The summed E-state index contributed by atoms with van der Waals surface area (Å²) >= 11 is 0. The fourth-order valence-corrected chi connectivity index (χ4v) is 5.80. The van der Waals surface area contributed by atoms with Crippen LogP contribution in [0.1, 0.15) is 27.0 Å². The van der Waals surface area contributed by atoms with Crippen molar-refractivity contribution in [3.05, 3.63) is 119 Å². The van der Waals surface area contributed by atoms with Crippen molar-refractivity contribution in [2.45, 2.75) is 25.3 Å². The van der Waals surface area contributed by atoms with E-state index in [9.17, 15) is 26.0 Å². The number of nitrogens with zero attached hydrogens (tertiary/aromatic N) is 1. The van der Waals surface area contributed by atoms with Crippen LogP contribution in [0, 0.1) is 19.7 Å². The zero-order valence-corrected chi connectivity index (χ0v) is 23.7. The molecule has 0 fully saturated rings. The van der Waals surface area contributed by atoms with Crippen molar-refractivity contribution in [2.24, 2.45) is 0 Å². The number of amides is 1. The number of sulfonamides is 2. The van der Waals surface area contributed by atoms with E-state index in [1.54, 1.807) is 30.3 Å². The summed E-state index contributed by atoms with van der Waals surface area (Å²) in [5.41, 5.74) is 4.24. The van der Waals surface area contributed by atoms with Gasteiger partial charge in [-0.1, -0.05) is 18.2 Å². The van der Waals surface area contributed by atoms with Crippen molar-refractivity contribution in [3.63, 3.8) is 0 Å². The van der Waals surface area contributed by atoms with Crippen molar-refractivity contribution in [3.8, 4) is 0 Å². The van der Waals surface area contributed by atoms with E-state index < -0.39 is 31.8 Å². The van der Waals surface area contributed by atoms with Gasteiger partial charge in [-0.3, -0.25) is 13.8 Å². The van der Waals surface area contributed by atoms with E-state index in [-0.39, 0.29) is 17.1 Å². The molecule has 0 saturated carbocycles. The lowest BCUT2D eigenvalue weighted by molar-refractivity contribution is 0.102. The Kier molecular flexibility index (Phi) is 8.26. The monoisotopic (exact) mass is 581 g/mol. The van der Waals surface area contributed by atoms with Crippen molar-refractivity contribution in [2.75, 3.05) is 20.6 Å². The molecule has 2 N–H and O–H groups in total. The quantitative estimate of drug-likeness (QED) is 0.273. The van der Waals surface area contributed by atoms with Crippen molar-refractivity contribution >= 4 is 43.0 Å². The van der Waals surface area contributed by atoms with E-state index >= 15 is 0 Å². The van der Waals surface area contributed by atoms with Crippen LogP contribution < -0.4 is 14.3 Å². The number of carbonyl (C=O) groups is 1. The fraction of sp³-hybridized carbons (Fsp3) is 0.138. The Bertz CT molecular complexity index is 1740. The number of nitrogens with one attached hydrogen (secondary N) is 2. The highest BCUT2D eigenvalue weighted by molar-refractivity contribution is 7.92. The smallest absolute Gasteiger partial charge is 0.261 e. The first-order chi connectivity index (χ1) is 18.8. The molecule has 0 heterocycles. The first-order valence-corrected chi connectivity index (χ1v) is 15.5. The van der Waals surface area contributed by atoms with Gasteiger partial charge in [0.25, 0.3) is 15.9 Å². The number of aryl methyl sites for hydroxylation is 2. The summed E-state index contributed by atoms with van der Waals surface area (Å²) in [6, 6.07) is 22.6. The molecule has 0 spiro atoms. The number of hydrogen-bond acceptors (Lipinski definition) is 5. The summed E-state index contributed by atoms with van der Waals surface area (Å²) in [6.45, 7) is 3.98. The van der Waals surface area contributed by atoms with Crippen LogP contribution >= 0.6 is 0 Å². The Morgan fingerprint density at radius 1 is 0.775 bits per heavy atom.